The van der Waals surface area contributed by atoms with Crippen molar-refractivity contribution in [2.45, 2.75) is 11.8 Å². The Labute approximate surface area is 158 Å². The lowest BCUT2D eigenvalue weighted by Crippen LogP contribution is -2.13. The van der Waals surface area contributed by atoms with Gasteiger partial charge < -0.3 is 4.74 Å². The number of carbonyl (C=O) groups is 1. The van der Waals surface area contributed by atoms with Crippen molar-refractivity contribution in [2.75, 3.05) is 7.11 Å². The summed E-state index contributed by atoms with van der Waals surface area (Å²) in [6, 6.07) is 17.0. The molecule has 0 radical (unpaired) electrons. The molecule has 5 nitrogen and oxygen atoms in total. The zero-order valence-electron chi connectivity index (χ0n) is 15.0. The minimum absolute atomic E-state index is 0.237. The Kier molecular flexibility index (Phi) is 5.28. The highest BCUT2D eigenvalue weighted by atomic mass is 32.2. The van der Waals surface area contributed by atoms with Crippen LogP contribution in [0.3, 0.4) is 0 Å². The van der Waals surface area contributed by atoms with Crippen molar-refractivity contribution in [1.29, 1.82) is 0 Å². The Hall–Kier alpha value is -3.12. The quantitative estimate of drug-likeness (QED) is 0.627. The molecule has 0 amide bonds. The summed E-state index contributed by atoms with van der Waals surface area (Å²) < 4.78 is 31.7. The van der Waals surface area contributed by atoms with Gasteiger partial charge in [-0.3, -0.25) is 0 Å². The molecule has 0 saturated carbocycles. The Balaban J connectivity index is 1.88. The van der Waals surface area contributed by atoms with Gasteiger partial charge in [0.15, 0.2) is 0 Å². The minimum atomic E-state index is -3.66. The zero-order valence-corrected chi connectivity index (χ0v) is 15.8. The molecule has 0 unspecified atom stereocenters. The Bertz CT molecular complexity index is 1080. The van der Waals surface area contributed by atoms with Crippen LogP contribution in [0, 0.1) is 6.92 Å². The fraction of sp³-hybridized carbons (Fsp3) is 0.0952. The van der Waals surface area contributed by atoms with E-state index in [0.717, 1.165) is 11.1 Å². The van der Waals surface area contributed by atoms with E-state index >= 15 is 0 Å². The summed E-state index contributed by atoms with van der Waals surface area (Å²) >= 11 is 0. The Morgan fingerprint density at radius 3 is 2.26 bits per heavy atom. The first-order valence-corrected chi connectivity index (χ1v) is 9.72. The summed E-state index contributed by atoms with van der Waals surface area (Å²) in [6.45, 7) is 1.91. The van der Waals surface area contributed by atoms with E-state index in [-0.39, 0.29) is 4.90 Å². The van der Waals surface area contributed by atoms with Crippen molar-refractivity contribution in [3.63, 3.8) is 0 Å². The molecule has 0 spiro atoms. The van der Waals surface area contributed by atoms with Gasteiger partial charge in [-0.2, -0.15) is 0 Å². The van der Waals surface area contributed by atoms with Gasteiger partial charge in [-0.25, -0.2) is 17.2 Å². The van der Waals surface area contributed by atoms with Crippen LogP contribution in [0.25, 0.3) is 12.2 Å². The van der Waals surface area contributed by atoms with Gasteiger partial charge >= 0.3 is 5.97 Å². The Morgan fingerprint density at radius 1 is 0.963 bits per heavy atom. The van der Waals surface area contributed by atoms with Gasteiger partial charge in [0.25, 0.3) is 10.0 Å². The molecule has 0 atom stereocenters. The van der Waals surface area contributed by atoms with Crippen LogP contribution in [0.5, 0.6) is 0 Å². The van der Waals surface area contributed by atoms with Crippen LogP contribution in [0.2, 0.25) is 0 Å². The van der Waals surface area contributed by atoms with E-state index in [1.165, 1.54) is 17.3 Å². The van der Waals surface area contributed by atoms with Gasteiger partial charge in [-0.05, 0) is 55.0 Å². The molecule has 0 fully saturated rings. The third kappa shape index (κ3) is 4.01. The van der Waals surface area contributed by atoms with Gasteiger partial charge in [0.05, 0.1) is 23.3 Å². The first kappa shape index (κ1) is 18.7. The number of ether oxygens (including phenoxy) is 1. The summed E-state index contributed by atoms with van der Waals surface area (Å²) in [5.41, 5.74) is 2.83. The topological polar surface area (TPSA) is 65.4 Å². The number of benzene rings is 2. The van der Waals surface area contributed by atoms with Gasteiger partial charge in [-0.1, -0.05) is 35.9 Å². The molecule has 0 aliphatic rings. The molecule has 0 aliphatic carbocycles. The SMILES string of the molecule is COC(=O)c1ccc(/C=C/c2cccn2S(=O)(=O)c2ccc(C)cc2)cc1. The number of nitrogens with zero attached hydrogens (tertiary/aromatic N) is 1. The molecule has 3 aromatic rings. The molecule has 27 heavy (non-hydrogen) atoms. The van der Waals surface area contributed by atoms with Gasteiger partial charge in [0.2, 0.25) is 0 Å². The number of hydrogen-bond acceptors (Lipinski definition) is 4. The maximum Gasteiger partial charge on any atom is 0.337 e. The molecular weight excluding hydrogens is 362 g/mol. The summed E-state index contributed by atoms with van der Waals surface area (Å²) in [4.78, 5) is 11.7. The number of aromatic nitrogens is 1. The lowest BCUT2D eigenvalue weighted by Gasteiger charge is -2.09. The molecule has 3 rings (SSSR count). The van der Waals surface area contributed by atoms with E-state index in [1.54, 1.807) is 72.8 Å². The van der Waals surface area contributed by atoms with E-state index < -0.39 is 16.0 Å². The summed E-state index contributed by atoms with van der Waals surface area (Å²) in [5.74, 6) is -0.399. The fourth-order valence-electron chi connectivity index (χ4n) is 2.58. The molecule has 6 heteroatoms. The van der Waals surface area contributed by atoms with Crippen molar-refractivity contribution < 1.29 is 17.9 Å². The first-order valence-electron chi connectivity index (χ1n) is 8.28. The monoisotopic (exact) mass is 381 g/mol. The molecule has 2 aromatic carbocycles. The van der Waals surface area contributed by atoms with Crippen LogP contribution in [0.15, 0.2) is 71.8 Å². The van der Waals surface area contributed by atoms with Crippen LogP contribution in [-0.2, 0) is 14.8 Å². The number of hydrogen-bond donors (Lipinski definition) is 0. The average Bonchev–Trinajstić information content (AvgIpc) is 3.16. The summed E-state index contributed by atoms with van der Waals surface area (Å²) in [7, 11) is -2.33. The van der Waals surface area contributed by atoms with Crippen molar-refractivity contribution in [2.24, 2.45) is 0 Å². The molecule has 0 bridgehead atoms. The standard InChI is InChI=1S/C21H19NO4S/c1-16-5-13-20(14-6-16)27(24,25)22-15-3-4-19(22)12-9-17-7-10-18(11-8-17)21(23)26-2/h3-15H,1-2H3/b12-9+. The van der Waals surface area contributed by atoms with E-state index in [1.807, 2.05) is 6.92 Å². The van der Waals surface area contributed by atoms with E-state index in [0.29, 0.717) is 11.3 Å². The smallest absolute Gasteiger partial charge is 0.337 e. The first-order chi connectivity index (χ1) is 12.9. The molecular formula is C21H19NO4S. The third-order valence-electron chi connectivity index (χ3n) is 4.10. The molecule has 1 heterocycles. The molecule has 0 aliphatic heterocycles. The van der Waals surface area contributed by atoms with Crippen LogP contribution in [0.1, 0.15) is 27.2 Å². The highest BCUT2D eigenvalue weighted by molar-refractivity contribution is 7.90. The maximum atomic E-state index is 12.9. The average molecular weight is 381 g/mol. The van der Waals surface area contributed by atoms with Crippen molar-refractivity contribution in [3.8, 4) is 0 Å². The van der Waals surface area contributed by atoms with Crippen LogP contribution in [0.4, 0.5) is 0 Å². The van der Waals surface area contributed by atoms with Crippen LogP contribution in [-0.4, -0.2) is 25.5 Å². The summed E-state index contributed by atoms with van der Waals surface area (Å²) in [5, 5.41) is 0. The number of aryl methyl sites for hydroxylation is 1. The van der Waals surface area contributed by atoms with Gasteiger partial charge in [-0.15, -0.1) is 0 Å². The number of rotatable bonds is 5. The third-order valence-corrected chi connectivity index (χ3v) is 5.82. The van der Waals surface area contributed by atoms with E-state index in [4.69, 9.17) is 0 Å². The molecule has 0 N–H and O–H groups in total. The summed E-state index contributed by atoms with van der Waals surface area (Å²) in [6.07, 6.45) is 5.03. The zero-order chi connectivity index (χ0) is 19.4. The van der Waals surface area contributed by atoms with Crippen LogP contribution >= 0.6 is 0 Å². The largest absolute Gasteiger partial charge is 0.465 e. The normalized spacial score (nSPS) is 11.6. The molecule has 138 valence electrons. The predicted octanol–water partition coefficient (Wildman–Crippen LogP) is 3.99. The van der Waals surface area contributed by atoms with Crippen molar-refractivity contribution >= 4 is 28.1 Å². The second-order valence-electron chi connectivity index (χ2n) is 5.99. The second-order valence-corrected chi connectivity index (χ2v) is 7.81. The lowest BCUT2D eigenvalue weighted by atomic mass is 10.1. The van der Waals surface area contributed by atoms with E-state index in [9.17, 15) is 13.2 Å². The predicted molar refractivity (Wildman–Crippen MR) is 105 cm³/mol. The minimum Gasteiger partial charge on any atom is -0.465 e. The van der Waals surface area contributed by atoms with Gasteiger partial charge in [0.1, 0.15) is 0 Å². The maximum absolute atomic E-state index is 12.9. The van der Waals surface area contributed by atoms with Gasteiger partial charge in [0, 0.05) is 6.20 Å². The van der Waals surface area contributed by atoms with Crippen LogP contribution < -0.4 is 0 Å². The lowest BCUT2D eigenvalue weighted by molar-refractivity contribution is 0.0600. The highest BCUT2D eigenvalue weighted by Gasteiger charge is 2.18. The highest BCUT2D eigenvalue weighted by Crippen LogP contribution is 2.19. The van der Waals surface area contributed by atoms with Crippen molar-refractivity contribution in [1.82, 2.24) is 3.97 Å². The molecule has 0 saturated heterocycles. The Morgan fingerprint density at radius 2 is 1.63 bits per heavy atom. The number of esters is 1. The van der Waals surface area contributed by atoms with E-state index in [2.05, 4.69) is 4.74 Å². The fourth-order valence-corrected chi connectivity index (χ4v) is 3.92. The number of carbonyl (C=O) groups excluding carboxylic acids is 1. The van der Waals surface area contributed by atoms with Crippen molar-refractivity contribution in [3.05, 3.63) is 89.2 Å². The second kappa shape index (κ2) is 7.63. The number of methoxy groups -OCH3 is 1. The molecule has 1 aromatic heterocycles.